The van der Waals surface area contributed by atoms with Crippen LogP contribution in [0.5, 0.6) is 0 Å². The van der Waals surface area contributed by atoms with Gasteiger partial charge in [-0.05, 0) is 49.2 Å². The molecule has 0 unspecified atom stereocenters. The molecule has 0 saturated heterocycles. The minimum Gasteiger partial charge on any atom is -0.324 e. The molecule has 27 heavy (non-hydrogen) atoms. The third kappa shape index (κ3) is 4.47. The molecule has 0 saturated carbocycles. The monoisotopic (exact) mass is 357 g/mol. The van der Waals surface area contributed by atoms with Gasteiger partial charge in [-0.3, -0.25) is 4.79 Å². The SMILES string of the molecule is CCc1ccccc1Nc1nc(C)cc(C(=O)Nc2cccc(C#N)c2)n1. The highest BCUT2D eigenvalue weighted by atomic mass is 16.1. The first kappa shape index (κ1) is 18.1. The fourth-order valence-electron chi connectivity index (χ4n) is 2.67. The van der Waals surface area contributed by atoms with Crippen LogP contribution in [-0.2, 0) is 6.42 Å². The second-order valence-corrected chi connectivity index (χ2v) is 6.00. The van der Waals surface area contributed by atoms with E-state index in [-0.39, 0.29) is 11.6 Å². The summed E-state index contributed by atoms with van der Waals surface area (Å²) in [6.45, 7) is 3.89. The zero-order valence-corrected chi connectivity index (χ0v) is 15.2. The van der Waals surface area contributed by atoms with Crippen LogP contribution in [0.15, 0.2) is 54.6 Å². The van der Waals surface area contributed by atoms with Crippen LogP contribution in [0.4, 0.5) is 17.3 Å². The Morgan fingerprint density at radius 3 is 2.70 bits per heavy atom. The number of rotatable bonds is 5. The molecular formula is C21H19N5O. The summed E-state index contributed by atoms with van der Waals surface area (Å²) >= 11 is 0. The lowest BCUT2D eigenvalue weighted by Gasteiger charge is -2.11. The van der Waals surface area contributed by atoms with Gasteiger partial charge in [0, 0.05) is 17.1 Å². The fourth-order valence-corrected chi connectivity index (χ4v) is 2.67. The van der Waals surface area contributed by atoms with Crippen LogP contribution in [-0.4, -0.2) is 15.9 Å². The number of amides is 1. The van der Waals surface area contributed by atoms with Crippen molar-refractivity contribution in [1.29, 1.82) is 5.26 Å². The summed E-state index contributed by atoms with van der Waals surface area (Å²) in [5.41, 5.74) is 4.01. The van der Waals surface area contributed by atoms with Gasteiger partial charge in [0.25, 0.3) is 5.91 Å². The molecule has 0 aliphatic carbocycles. The number of para-hydroxylation sites is 1. The van der Waals surface area contributed by atoms with Gasteiger partial charge < -0.3 is 10.6 Å². The Bertz CT molecular complexity index is 1020. The van der Waals surface area contributed by atoms with Gasteiger partial charge in [-0.15, -0.1) is 0 Å². The summed E-state index contributed by atoms with van der Waals surface area (Å²) in [5, 5.41) is 14.9. The number of hydrogen-bond donors (Lipinski definition) is 2. The first-order valence-corrected chi connectivity index (χ1v) is 8.61. The summed E-state index contributed by atoms with van der Waals surface area (Å²) in [5.74, 6) is 0.00856. The second kappa shape index (κ2) is 8.11. The number of anilines is 3. The summed E-state index contributed by atoms with van der Waals surface area (Å²) in [4.78, 5) is 21.3. The van der Waals surface area contributed by atoms with Crippen molar-refractivity contribution >= 4 is 23.2 Å². The van der Waals surface area contributed by atoms with Crippen molar-refractivity contribution in [2.24, 2.45) is 0 Å². The van der Waals surface area contributed by atoms with Crippen LogP contribution in [0.3, 0.4) is 0 Å². The number of nitrogens with one attached hydrogen (secondary N) is 2. The fraction of sp³-hybridized carbons (Fsp3) is 0.143. The van der Waals surface area contributed by atoms with E-state index in [0.717, 1.165) is 17.7 Å². The molecule has 0 aliphatic rings. The van der Waals surface area contributed by atoms with Crippen LogP contribution < -0.4 is 10.6 Å². The van der Waals surface area contributed by atoms with E-state index >= 15 is 0 Å². The minimum absolute atomic E-state index is 0.251. The maximum absolute atomic E-state index is 12.6. The van der Waals surface area contributed by atoms with Crippen molar-refractivity contribution in [2.45, 2.75) is 20.3 Å². The number of carbonyl (C=O) groups is 1. The Morgan fingerprint density at radius 2 is 1.93 bits per heavy atom. The summed E-state index contributed by atoms with van der Waals surface area (Å²) in [6, 6.07) is 18.3. The summed E-state index contributed by atoms with van der Waals surface area (Å²) in [7, 11) is 0. The van der Waals surface area contributed by atoms with Crippen molar-refractivity contribution < 1.29 is 4.79 Å². The van der Waals surface area contributed by atoms with Gasteiger partial charge in [0.05, 0.1) is 11.6 Å². The van der Waals surface area contributed by atoms with Crippen LogP contribution in [0.25, 0.3) is 0 Å². The number of aryl methyl sites for hydroxylation is 2. The molecule has 1 heterocycles. The molecule has 134 valence electrons. The maximum Gasteiger partial charge on any atom is 0.274 e. The molecule has 1 aromatic heterocycles. The Morgan fingerprint density at radius 1 is 1.11 bits per heavy atom. The van der Waals surface area contributed by atoms with Crippen molar-refractivity contribution in [3.05, 3.63) is 77.1 Å². The smallest absolute Gasteiger partial charge is 0.274 e. The summed E-state index contributed by atoms with van der Waals surface area (Å²) in [6.07, 6.45) is 0.873. The maximum atomic E-state index is 12.6. The van der Waals surface area contributed by atoms with Gasteiger partial charge in [0.15, 0.2) is 0 Å². The molecule has 6 nitrogen and oxygen atoms in total. The third-order valence-electron chi connectivity index (χ3n) is 3.98. The average Bonchev–Trinajstić information content (AvgIpc) is 2.68. The Labute approximate surface area is 157 Å². The molecule has 3 rings (SSSR count). The average molecular weight is 357 g/mol. The van der Waals surface area contributed by atoms with Crippen molar-refractivity contribution in [3.8, 4) is 6.07 Å². The van der Waals surface area contributed by atoms with Crippen LogP contribution in [0, 0.1) is 18.3 Å². The molecule has 6 heteroatoms. The predicted octanol–water partition coefficient (Wildman–Crippen LogP) is 4.22. The third-order valence-corrected chi connectivity index (χ3v) is 3.98. The highest BCUT2D eigenvalue weighted by Gasteiger charge is 2.12. The van der Waals surface area contributed by atoms with E-state index in [9.17, 15) is 4.79 Å². The second-order valence-electron chi connectivity index (χ2n) is 6.00. The lowest BCUT2D eigenvalue weighted by molar-refractivity contribution is 0.102. The van der Waals surface area contributed by atoms with E-state index in [1.165, 1.54) is 0 Å². The molecule has 0 radical (unpaired) electrons. The Balaban J connectivity index is 1.84. The minimum atomic E-state index is -0.359. The van der Waals surface area contributed by atoms with Gasteiger partial charge in [0.1, 0.15) is 5.69 Å². The van der Waals surface area contributed by atoms with Crippen molar-refractivity contribution in [1.82, 2.24) is 9.97 Å². The van der Waals surface area contributed by atoms with E-state index in [1.807, 2.05) is 37.3 Å². The lowest BCUT2D eigenvalue weighted by atomic mass is 10.1. The van der Waals surface area contributed by atoms with Gasteiger partial charge in [-0.2, -0.15) is 5.26 Å². The van der Waals surface area contributed by atoms with Gasteiger partial charge >= 0.3 is 0 Å². The largest absolute Gasteiger partial charge is 0.324 e. The van der Waals surface area contributed by atoms with E-state index in [4.69, 9.17) is 5.26 Å². The van der Waals surface area contributed by atoms with Crippen molar-refractivity contribution in [3.63, 3.8) is 0 Å². The molecule has 2 N–H and O–H groups in total. The molecule has 0 spiro atoms. The normalized spacial score (nSPS) is 10.1. The van der Waals surface area contributed by atoms with Crippen molar-refractivity contribution in [2.75, 3.05) is 10.6 Å². The predicted molar refractivity (Wildman–Crippen MR) is 105 cm³/mol. The Kier molecular flexibility index (Phi) is 5.43. The standard InChI is InChI=1S/C21H19N5O/c1-3-16-8-4-5-10-18(16)25-21-23-14(2)11-19(26-21)20(27)24-17-9-6-7-15(12-17)13-22/h4-12H,3H2,1-2H3,(H,24,27)(H,23,25,26). The number of nitriles is 1. The molecular weight excluding hydrogens is 338 g/mol. The first-order valence-electron chi connectivity index (χ1n) is 8.61. The number of benzene rings is 2. The van der Waals surface area contributed by atoms with E-state index in [2.05, 4.69) is 27.5 Å². The van der Waals surface area contributed by atoms with E-state index in [1.54, 1.807) is 30.3 Å². The molecule has 1 amide bonds. The Hall–Kier alpha value is -3.72. The van der Waals surface area contributed by atoms with Crippen LogP contribution in [0.2, 0.25) is 0 Å². The number of nitrogens with zero attached hydrogens (tertiary/aromatic N) is 3. The van der Waals surface area contributed by atoms with E-state index < -0.39 is 0 Å². The van der Waals surface area contributed by atoms with Gasteiger partial charge in [-0.25, -0.2) is 9.97 Å². The lowest BCUT2D eigenvalue weighted by Crippen LogP contribution is -2.15. The molecule has 3 aromatic rings. The molecule has 0 bridgehead atoms. The van der Waals surface area contributed by atoms with Gasteiger partial charge in [0.2, 0.25) is 5.95 Å². The zero-order chi connectivity index (χ0) is 19.2. The highest BCUT2D eigenvalue weighted by molar-refractivity contribution is 6.03. The first-order chi connectivity index (χ1) is 13.1. The van der Waals surface area contributed by atoms with Crippen LogP contribution in [0.1, 0.15) is 34.2 Å². The molecule has 0 atom stereocenters. The highest BCUT2D eigenvalue weighted by Crippen LogP contribution is 2.20. The molecule has 0 fully saturated rings. The summed E-state index contributed by atoms with van der Waals surface area (Å²) < 4.78 is 0. The quantitative estimate of drug-likeness (QED) is 0.713. The molecule has 2 aromatic carbocycles. The number of aromatic nitrogens is 2. The molecule has 0 aliphatic heterocycles. The zero-order valence-electron chi connectivity index (χ0n) is 15.2. The van der Waals surface area contributed by atoms with E-state index in [0.29, 0.717) is 22.9 Å². The number of carbonyl (C=O) groups excluding carboxylic acids is 1. The topological polar surface area (TPSA) is 90.7 Å². The van der Waals surface area contributed by atoms with Crippen LogP contribution >= 0.6 is 0 Å². The number of hydrogen-bond acceptors (Lipinski definition) is 5. The van der Waals surface area contributed by atoms with Gasteiger partial charge in [-0.1, -0.05) is 31.2 Å².